The van der Waals surface area contributed by atoms with E-state index in [1.807, 2.05) is 18.3 Å². The first kappa shape index (κ1) is 21.8. The fourth-order valence-corrected chi connectivity index (χ4v) is 5.38. The van der Waals surface area contributed by atoms with Gasteiger partial charge in [-0.3, -0.25) is 9.20 Å². The third kappa shape index (κ3) is 3.94. The van der Waals surface area contributed by atoms with Crippen LogP contribution in [-0.2, 0) is 4.79 Å². The Bertz CT molecular complexity index is 1340. The Morgan fingerprint density at radius 2 is 2.12 bits per heavy atom. The van der Waals surface area contributed by atoms with Gasteiger partial charge in [-0.05, 0) is 49.8 Å². The number of nitrogens with one attached hydrogen (secondary N) is 2. The first-order valence-electron chi connectivity index (χ1n) is 11.2. The molecule has 4 N–H and O–H groups in total. The van der Waals surface area contributed by atoms with Crippen molar-refractivity contribution in [2.24, 2.45) is 5.92 Å². The Labute approximate surface area is 200 Å². The van der Waals surface area contributed by atoms with Gasteiger partial charge >= 0.3 is 0 Å². The van der Waals surface area contributed by atoms with Crippen molar-refractivity contribution < 1.29 is 9.53 Å². The number of aromatic nitrogens is 4. The van der Waals surface area contributed by atoms with Gasteiger partial charge in [0.05, 0.1) is 18.3 Å². The number of halogens is 1. The van der Waals surface area contributed by atoms with E-state index in [1.165, 1.54) is 0 Å². The van der Waals surface area contributed by atoms with Crippen molar-refractivity contribution in [1.29, 1.82) is 0 Å². The molecular formula is C24H27BrN6O2. The van der Waals surface area contributed by atoms with Crippen LogP contribution >= 0.6 is 15.9 Å². The number of nitrogens with two attached hydrogens (primary N) is 1. The van der Waals surface area contributed by atoms with Gasteiger partial charge in [0.2, 0.25) is 5.91 Å². The van der Waals surface area contributed by atoms with E-state index in [-0.39, 0.29) is 5.91 Å². The molecule has 0 bridgehead atoms. The number of nitrogen functional groups attached to an aromatic ring is 1. The van der Waals surface area contributed by atoms with Crippen LogP contribution in [0.1, 0.15) is 44.3 Å². The molecule has 0 aliphatic heterocycles. The Morgan fingerprint density at radius 3 is 2.85 bits per heavy atom. The number of H-pyrrole nitrogens is 1. The van der Waals surface area contributed by atoms with Crippen molar-refractivity contribution >= 4 is 44.1 Å². The van der Waals surface area contributed by atoms with Crippen LogP contribution in [0.25, 0.3) is 27.8 Å². The van der Waals surface area contributed by atoms with Crippen LogP contribution in [0.5, 0.6) is 5.75 Å². The van der Waals surface area contributed by atoms with Crippen LogP contribution in [0.15, 0.2) is 35.1 Å². The summed E-state index contributed by atoms with van der Waals surface area (Å²) in [4.78, 5) is 24.2. The highest BCUT2D eigenvalue weighted by Crippen LogP contribution is 2.40. The number of rotatable bonds is 5. The number of amides is 1. The number of ether oxygens (including phenoxy) is 1. The molecule has 1 saturated carbocycles. The molecule has 33 heavy (non-hydrogen) atoms. The molecule has 0 radical (unpaired) electrons. The number of carbonyl (C=O) groups is 1. The van der Waals surface area contributed by atoms with Gasteiger partial charge in [-0.2, -0.15) is 0 Å². The maximum Gasteiger partial charge on any atom is 0.216 e. The molecule has 3 heterocycles. The highest BCUT2D eigenvalue weighted by Gasteiger charge is 2.28. The van der Waals surface area contributed by atoms with E-state index in [1.54, 1.807) is 20.2 Å². The molecule has 0 saturated heterocycles. The monoisotopic (exact) mass is 510 g/mol. The van der Waals surface area contributed by atoms with Gasteiger partial charge in [-0.1, -0.05) is 15.9 Å². The van der Waals surface area contributed by atoms with Gasteiger partial charge in [-0.15, -0.1) is 0 Å². The molecule has 9 heteroatoms. The number of carbonyl (C=O) groups excluding carboxylic acids is 1. The molecule has 0 unspecified atom stereocenters. The van der Waals surface area contributed by atoms with E-state index >= 15 is 0 Å². The summed E-state index contributed by atoms with van der Waals surface area (Å²) in [7, 11) is 1.66. The normalized spacial score (nSPS) is 18.6. The van der Waals surface area contributed by atoms with Crippen LogP contribution in [0.3, 0.4) is 0 Å². The fraction of sp³-hybridized carbons (Fsp3) is 0.375. The Morgan fingerprint density at radius 1 is 1.33 bits per heavy atom. The second-order valence-corrected chi connectivity index (χ2v) is 9.58. The second-order valence-electron chi connectivity index (χ2n) is 8.73. The van der Waals surface area contributed by atoms with E-state index < -0.39 is 0 Å². The average Bonchev–Trinajstić information content (AvgIpc) is 3.42. The van der Waals surface area contributed by atoms with E-state index in [9.17, 15) is 4.79 Å². The number of fused-ring (bicyclic) bond motifs is 2. The van der Waals surface area contributed by atoms with Crippen molar-refractivity contribution in [1.82, 2.24) is 24.7 Å². The van der Waals surface area contributed by atoms with E-state index in [0.29, 0.717) is 17.7 Å². The van der Waals surface area contributed by atoms with Gasteiger partial charge in [0.15, 0.2) is 0 Å². The summed E-state index contributed by atoms with van der Waals surface area (Å²) in [5.41, 5.74) is 9.74. The standard InChI is InChI=1S/C24H27BrN6O2/c1-13(32)28-12-14-3-5-15(6-4-14)24-30-21(22-23(26)27-9-10-31(22)24)18-11-16-17(25)7-8-19(33-2)20(16)29-18/h7-11,14-15,29H,3-6,12H2,1-2H3,(H2,26,27)(H,28,32). The summed E-state index contributed by atoms with van der Waals surface area (Å²) < 4.78 is 8.62. The molecule has 1 aromatic carbocycles. The van der Waals surface area contributed by atoms with Crippen LogP contribution in [-0.4, -0.2) is 38.9 Å². The lowest BCUT2D eigenvalue weighted by Gasteiger charge is -2.27. The van der Waals surface area contributed by atoms with Crippen LogP contribution in [0.2, 0.25) is 0 Å². The van der Waals surface area contributed by atoms with Gasteiger partial charge in [-0.25, -0.2) is 9.97 Å². The summed E-state index contributed by atoms with van der Waals surface area (Å²) in [6.07, 6.45) is 7.84. The first-order chi connectivity index (χ1) is 16.0. The van der Waals surface area contributed by atoms with Crippen molar-refractivity contribution in [3.63, 3.8) is 0 Å². The number of methoxy groups -OCH3 is 1. The number of aromatic amines is 1. The fourth-order valence-electron chi connectivity index (χ4n) is 4.93. The minimum Gasteiger partial charge on any atom is -0.495 e. The number of hydrogen-bond donors (Lipinski definition) is 3. The smallest absolute Gasteiger partial charge is 0.216 e. The molecule has 1 fully saturated rings. The minimum absolute atomic E-state index is 0.0330. The van der Waals surface area contributed by atoms with Crippen molar-refractivity contribution in [3.05, 3.63) is 40.9 Å². The molecule has 172 valence electrons. The molecule has 0 atom stereocenters. The predicted molar refractivity (Wildman–Crippen MR) is 132 cm³/mol. The van der Waals surface area contributed by atoms with Gasteiger partial charge < -0.3 is 20.8 Å². The highest BCUT2D eigenvalue weighted by molar-refractivity contribution is 9.10. The lowest BCUT2D eigenvalue weighted by Crippen LogP contribution is -2.29. The molecule has 1 aliphatic carbocycles. The third-order valence-corrected chi connectivity index (χ3v) is 7.33. The molecule has 8 nitrogen and oxygen atoms in total. The number of nitrogens with zero attached hydrogens (tertiary/aromatic N) is 3. The summed E-state index contributed by atoms with van der Waals surface area (Å²) >= 11 is 3.64. The zero-order chi connectivity index (χ0) is 23.1. The molecule has 1 aliphatic rings. The molecule has 1 amide bonds. The zero-order valence-corrected chi connectivity index (χ0v) is 20.3. The molecule has 4 aromatic rings. The van der Waals surface area contributed by atoms with Crippen molar-refractivity contribution in [2.45, 2.75) is 38.5 Å². The van der Waals surface area contributed by atoms with Crippen LogP contribution in [0.4, 0.5) is 5.82 Å². The molecule has 0 spiro atoms. The third-order valence-electron chi connectivity index (χ3n) is 6.64. The quantitative estimate of drug-likeness (QED) is 0.362. The first-order valence-corrected chi connectivity index (χ1v) is 12.0. The van der Waals surface area contributed by atoms with Crippen molar-refractivity contribution in [3.8, 4) is 17.1 Å². The van der Waals surface area contributed by atoms with Gasteiger partial charge in [0.1, 0.15) is 28.6 Å². The maximum atomic E-state index is 11.3. The highest BCUT2D eigenvalue weighted by atomic mass is 79.9. The van der Waals surface area contributed by atoms with Crippen molar-refractivity contribution in [2.75, 3.05) is 19.4 Å². The Kier molecular flexibility index (Phi) is 5.74. The van der Waals surface area contributed by atoms with E-state index in [2.05, 4.69) is 41.7 Å². The van der Waals surface area contributed by atoms with E-state index in [0.717, 1.165) is 76.1 Å². The SMILES string of the molecule is COc1ccc(Br)c2cc(-c3nc(C4CCC(CNC(C)=O)CC4)n4ccnc(N)c34)[nH]c12. The predicted octanol–water partition coefficient (Wildman–Crippen LogP) is 4.64. The Hall–Kier alpha value is -3.07. The molecule has 3 aromatic heterocycles. The molecular weight excluding hydrogens is 484 g/mol. The van der Waals surface area contributed by atoms with E-state index in [4.69, 9.17) is 15.5 Å². The Balaban J connectivity index is 1.54. The topological polar surface area (TPSA) is 110 Å². The lowest BCUT2D eigenvalue weighted by molar-refractivity contribution is -0.119. The number of imidazole rings is 1. The lowest BCUT2D eigenvalue weighted by atomic mass is 9.81. The number of anilines is 1. The summed E-state index contributed by atoms with van der Waals surface area (Å²) in [5, 5.41) is 3.98. The largest absolute Gasteiger partial charge is 0.495 e. The summed E-state index contributed by atoms with van der Waals surface area (Å²) in [6, 6.07) is 5.98. The zero-order valence-electron chi connectivity index (χ0n) is 18.7. The average molecular weight is 511 g/mol. The maximum absolute atomic E-state index is 11.3. The second kappa shape index (κ2) is 8.70. The molecule has 5 rings (SSSR count). The summed E-state index contributed by atoms with van der Waals surface area (Å²) in [5.74, 6) is 3.11. The summed E-state index contributed by atoms with van der Waals surface area (Å²) in [6.45, 7) is 2.32. The van der Waals surface area contributed by atoms with Gasteiger partial charge in [0, 0.05) is 41.6 Å². The van der Waals surface area contributed by atoms with Crippen LogP contribution < -0.4 is 15.8 Å². The van der Waals surface area contributed by atoms with Gasteiger partial charge in [0.25, 0.3) is 0 Å². The van der Waals surface area contributed by atoms with Crippen LogP contribution in [0, 0.1) is 5.92 Å². The minimum atomic E-state index is 0.0330. The number of hydrogen-bond acceptors (Lipinski definition) is 5. The number of benzene rings is 1.